The lowest BCUT2D eigenvalue weighted by Gasteiger charge is -2.30. The second kappa shape index (κ2) is 9.40. The average molecular weight is 396 g/mol. The number of amides is 1. The van der Waals surface area contributed by atoms with Crippen LogP contribution in [0, 0.1) is 12.8 Å². The summed E-state index contributed by atoms with van der Waals surface area (Å²) >= 11 is 0. The minimum Gasteiger partial charge on any atom is -0.354 e. The van der Waals surface area contributed by atoms with Crippen molar-refractivity contribution in [2.45, 2.75) is 60.0 Å². The minimum absolute atomic E-state index is 0.00611. The first-order valence-electron chi connectivity index (χ1n) is 10.7. The largest absolute Gasteiger partial charge is 0.354 e. The number of carbonyl (C=O) groups excluding carboxylic acids is 2. The first-order chi connectivity index (χ1) is 13.9. The van der Waals surface area contributed by atoms with Crippen molar-refractivity contribution in [2.75, 3.05) is 13.1 Å². The van der Waals surface area contributed by atoms with E-state index in [2.05, 4.69) is 46.4 Å². The monoisotopic (exact) mass is 395 g/mol. The predicted molar refractivity (Wildman–Crippen MR) is 116 cm³/mol. The number of hydrogen-bond donors (Lipinski definition) is 2. The molecule has 3 rings (SSSR count). The van der Waals surface area contributed by atoms with Crippen molar-refractivity contribution in [2.24, 2.45) is 5.92 Å². The van der Waals surface area contributed by atoms with Gasteiger partial charge in [0, 0.05) is 24.3 Å². The number of aromatic amines is 1. The number of piperidine rings is 1. The number of aryl methyl sites for hydroxylation is 1. The lowest BCUT2D eigenvalue weighted by atomic mass is 9.99. The topological polar surface area (TPSA) is 65.2 Å². The number of ketones is 1. The number of H-pyrrole nitrogens is 1. The smallest absolute Gasteiger partial charge is 0.268 e. The van der Waals surface area contributed by atoms with Gasteiger partial charge in [-0.1, -0.05) is 38.1 Å². The molecule has 156 valence electrons. The third-order valence-corrected chi connectivity index (χ3v) is 5.98. The number of nitrogens with one attached hydrogen (secondary N) is 2. The van der Waals surface area contributed by atoms with E-state index in [1.165, 1.54) is 31.5 Å². The fourth-order valence-electron chi connectivity index (χ4n) is 4.21. The van der Waals surface area contributed by atoms with E-state index >= 15 is 0 Å². The summed E-state index contributed by atoms with van der Waals surface area (Å²) in [6, 6.07) is 8.49. The summed E-state index contributed by atoms with van der Waals surface area (Å²) in [6.07, 6.45) is 3.22. The molecule has 1 aliphatic heterocycles. The van der Waals surface area contributed by atoms with Gasteiger partial charge >= 0.3 is 0 Å². The van der Waals surface area contributed by atoms with Crippen LogP contribution in [0.1, 0.15) is 76.8 Å². The Morgan fingerprint density at radius 3 is 2.34 bits per heavy atom. The van der Waals surface area contributed by atoms with Crippen LogP contribution in [0.15, 0.2) is 24.3 Å². The number of carbonyl (C=O) groups is 2. The number of hydrogen-bond acceptors (Lipinski definition) is 3. The summed E-state index contributed by atoms with van der Waals surface area (Å²) in [6.45, 7) is 11.5. The van der Waals surface area contributed by atoms with Crippen molar-refractivity contribution in [3.63, 3.8) is 0 Å². The Hall–Kier alpha value is -2.40. The maximum absolute atomic E-state index is 12.7. The number of rotatable bonds is 7. The molecule has 0 saturated carbocycles. The van der Waals surface area contributed by atoms with Gasteiger partial charge in [0.2, 0.25) is 0 Å². The Kier molecular flexibility index (Phi) is 6.91. The normalized spacial score (nSPS) is 15.4. The molecule has 5 nitrogen and oxygen atoms in total. The molecule has 0 atom stereocenters. The van der Waals surface area contributed by atoms with E-state index in [9.17, 15) is 9.59 Å². The van der Waals surface area contributed by atoms with E-state index in [0.29, 0.717) is 24.2 Å². The van der Waals surface area contributed by atoms with Crippen molar-refractivity contribution < 1.29 is 9.59 Å². The van der Waals surface area contributed by atoms with Gasteiger partial charge in [0.05, 0.1) is 0 Å². The highest BCUT2D eigenvalue weighted by Gasteiger charge is 2.21. The molecule has 0 radical (unpaired) electrons. The quantitative estimate of drug-likeness (QED) is 0.689. The average Bonchev–Trinajstić information content (AvgIpc) is 3.05. The maximum atomic E-state index is 12.7. The number of nitrogens with zero attached hydrogens (tertiary/aromatic N) is 1. The molecule has 2 heterocycles. The molecule has 1 amide bonds. The number of benzene rings is 1. The van der Waals surface area contributed by atoms with E-state index in [4.69, 9.17) is 0 Å². The van der Waals surface area contributed by atoms with Gasteiger partial charge in [-0.2, -0.15) is 0 Å². The summed E-state index contributed by atoms with van der Waals surface area (Å²) in [5, 5.41) is 2.98. The lowest BCUT2D eigenvalue weighted by molar-refractivity contribution is 0.0945. The van der Waals surface area contributed by atoms with Crippen LogP contribution >= 0.6 is 0 Å². The molecule has 1 aromatic carbocycles. The van der Waals surface area contributed by atoms with Crippen LogP contribution in [0.5, 0.6) is 0 Å². The SMILES string of the molecule is CCc1c(C(=O)NCc2ccc(CN3CCC(C)CC3)cc2)[nH]c(C)c1C(C)=O. The van der Waals surface area contributed by atoms with Crippen LogP contribution in [0.2, 0.25) is 0 Å². The first-order valence-corrected chi connectivity index (χ1v) is 10.7. The van der Waals surface area contributed by atoms with E-state index in [0.717, 1.165) is 29.3 Å². The van der Waals surface area contributed by atoms with Gasteiger partial charge in [-0.05, 0) is 68.8 Å². The van der Waals surface area contributed by atoms with Gasteiger partial charge in [-0.3, -0.25) is 14.5 Å². The maximum Gasteiger partial charge on any atom is 0.268 e. The molecule has 1 aromatic heterocycles. The zero-order valence-electron chi connectivity index (χ0n) is 18.1. The molecule has 0 unspecified atom stereocenters. The van der Waals surface area contributed by atoms with Crippen molar-refractivity contribution in [3.8, 4) is 0 Å². The molecule has 5 heteroatoms. The number of Topliss-reactive ketones (excluding diaryl/α,β-unsaturated/α-hetero) is 1. The van der Waals surface area contributed by atoms with Crippen LogP contribution in [0.25, 0.3) is 0 Å². The number of aromatic nitrogens is 1. The van der Waals surface area contributed by atoms with Crippen LogP contribution in [-0.2, 0) is 19.5 Å². The minimum atomic E-state index is -0.163. The van der Waals surface area contributed by atoms with E-state index < -0.39 is 0 Å². The third kappa shape index (κ3) is 5.15. The van der Waals surface area contributed by atoms with Gasteiger partial charge in [0.1, 0.15) is 5.69 Å². The molecule has 0 spiro atoms. The molecule has 0 bridgehead atoms. The van der Waals surface area contributed by atoms with Crippen LogP contribution < -0.4 is 5.32 Å². The molecule has 2 N–H and O–H groups in total. The summed E-state index contributed by atoms with van der Waals surface area (Å²) in [4.78, 5) is 30.2. The predicted octanol–water partition coefficient (Wildman–Crippen LogP) is 4.25. The fourth-order valence-corrected chi connectivity index (χ4v) is 4.21. The highest BCUT2D eigenvalue weighted by atomic mass is 16.2. The van der Waals surface area contributed by atoms with E-state index in [1.54, 1.807) is 6.92 Å². The third-order valence-electron chi connectivity index (χ3n) is 5.98. The zero-order valence-corrected chi connectivity index (χ0v) is 18.1. The molecule has 0 aliphatic carbocycles. The van der Waals surface area contributed by atoms with Gasteiger partial charge in [-0.25, -0.2) is 0 Å². The van der Waals surface area contributed by atoms with E-state index in [1.807, 2.05) is 13.8 Å². The van der Waals surface area contributed by atoms with Crippen LogP contribution in [0.4, 0.5) is 0 Å². The molecular weight excluding hydrogens is 362 g/mol. The molecule has 1 fully saturated rings. The van der Waals surface area contributed by atoms with Gasteiger partial charge in [0.25, 0.3) is 5.91 Å². The van der Waals surface area contributed by atoms with Crippen molar-refractivity contribution in [1.82, 2.24) is 15.2 Å². The van der Waals surface area contributed by atoms with Crippen molar-refractivity contribution in [1.29, 1.82) is 0 Å². The van der Waals surface area contributed by atoms with Crippen molar-refractivity contribution >= 4 is 11.7 Å². The molecule has 2 aromatic rings. The van der Waals surface area contributed by atoms with Gasteiger partial charge in [0.15, 0.2) is 5.78 Å². The Labute approximate surface area is 173 Å². The molecule has 1 saturated heterocycles. The Morgan fingerprint density at radius 2 is 1.76 bits per heavy atom. The first kappa shape index (κ1) is 21.3. The second-order valence-corrected chi connectivity index (χ2v) is 8.35. The highest BCUT2D eigenvalue weighted by Crippen LogP contribution is 2.21. The fraction of sp³-hybridized carbons (Fsp3) is 0.500. The Balaban J connectivity index is 1.58. The second-order valence-electron chi connectivity index (χ2n) is 8.35. The molecule has 1 aliphatic rings. The highest BCUT2D eigenvalue weighted by molar-refractivity contribution is 6.02. The van der Waals surface area contributed by atoms with Crippen molar-refractivity contribution in [3.05, 3.63) is 57.9 Å². The lowest BCUT2D eigenvalue weighted by Crippen LogP contribution is -2.32. The Morgan fingerprint density at radius 1 is 1.14 bits per heavy atom. The zero-order chi connectivity index (χ0) is 21.0. The van der Waals surface area contributed by atoms with Crippen LogP contribution in [0.3, 0.4) is 0 Å². The van der Waals surface area contributed by atoms with Crippen LogP contribution in [-0.4, -0.2) is 34.7 Å². The summed E-state index contributed by atoms with van der Waals surface area (Å²) < 4.78 is 0. The standard InChI is InChI=1S/C24H33N3O2/c1-5-21-22(18(4)28)17(3)26-23(21)24(29)25-14-19-6-8-20(9-7-19)15-27-12-10-16(2)11-13-27/h6-9,16,26H,5,10-15H2,1-4H3,(H,25,29). The Bertz CT molecular complexity index is 859. The number of likely N-dealkylation sites (tertiary alicyclic amines) is 1. The molecule has 29 heavy (non-hydrogen) atoms. The summed E-state index contributed by atoms with van der Waals surface area (Å²) in [7, 11) is 0. The van der Waals surface area contributed by atoms with Gasteiger partial charge < -0.3 is 10.3 Å². The summed E-state index contributed by atoms with van der Waals surface area (Å²) in [5.41, 5.74) is 5.10. The molecular formula is C24H33N3O2. The summed E-state index contributed by atoms with van der Waals surface area (Å²) in [5.74, 6) is 0.679. The van der Waals surface area contributed by atoms with E-state index in [-0.39, 0.29) is 11.7 Å². The van der Waals surface area contributed by atoms with Gasteiger partial charge in [-0.15, -0.1) is 0 Å².